The third-order valence-corrected chi connectivity index (χ3v) is 4.12. The van der Waals surface area contributed by atoms with Crippen molar-refractivity contribution in [2.45, 2.75) is 20.0 Å². The highest BCUT2D eigenvalue weighted by Crippen LogP contribution is 2.14. The topological polar surface area (TPSA) is 75.2 Å². The number of benzene rings is 2. The molecular weight excluding hydrogens is 495 g/mol. The van der Waals surface area contributed by atoms with Crippen LogP contribution < -0.4 is 20.1 Å². The van der Waals surface area contributed by atoms with E-state index in [0.717, 1.165) is 29.4 Å². The number of nitrogens with zero attached hydrogens (tertiary/aromatic N) is 2. The van der Waals surface area contributed by atoms with E-state index in [1.165, 1.54) is 4.90 Å². The smallest absolute Gasteiger partial charge is 0.259 e. The van der Waals surface area contributed by atoms with Gasteiger partial charge in [-0.3, -0.25) is 4.79 Å². The first-order valence-corrected chi connectivity index (χ1v) is 9.58. The minimum atomic E-state index is -0.0791. The van der Waals surface area contributed by atoms with Crippen LogP contribution in [0.2, 0.25) is 0 Å². The zero-order valence-electron chi connectivity index (χ0n) is 18.0. The maximum absolute atomic E-state index is 11.7. The molecule has 0 aliphatic rings. The number of guanidine groups is 1. The summed E-state index contributed by atoms with van der Waals surface area (Å²) in [6.07, 6.45) is 0. The van der Waals surface area contributed by atoms with Gasteiger partial charge in [0, 0.05) is 27.2 Å². The molecule has 2 rings (SSSR count). The monoisotopic (exact) mass is 526 g/mol. The standard InChI is InChI=1S/C22H30N4O3.HI/c1-5-23-22(24-14-17-8-6-10-19(12-17)28-4)25-15-18-9-7-11-20(13-18)29-16-21(27)26(2)3;/h6-13H,5,14-16H2,1-4H3,(H2,23,24,25);1H. The summed E-state index contributed by atoms with van der Waals surface area (Å²) in [5, 5.41) is 6.57. The number of aliphatic imine (C=N–C) groups is 1. The fourth-order valence-corrected chi connectivity index (χ4v) is 2.49. The van der Waals surface area contributed by atoms with Crippen molar-refractivity contribution in [1.82, 2.24) is 15.5 Å². The van der Waals surface area contributed by atoms with E-state index < -0.39 is 0 Å². The number of nitrogens with one attached hydrogen (secondary N) is 2. The molecule has 2 aromatic carbocycles. The first-order chi connectivity index (χ1) is 14.0. The van der Waals surface area contributed by atoms with Crippen molar-refractivity contribution in [3.63, 3.8) is 0 Å². The van der Waals surface area contributed by atoms with Gasteiger partial charge in [0.15, 0.2) is 12.6 Å². The van der Waals surface area contributed by atoms with Gasteiger partial charge in [-0.05, 0) is 42.3 Å². The Morgan fingerprint density at radius 3 is 2.37 bits per heavy atom. The number of ether oxygens (including phenoxy) is 2. The molecule has 164 valence electrons. The van der Waals surface area contributed by atoms with Gasteiger partial charge in [0.25, 0.3) is 5.91 Å². The van der Waals surface area contributed by atoms with Crippen molar-refractivity contribution >= 4 is 35.8 Å². The number of hydrogen-bond donors (Lipinski definition) is 2. The highest BCUT2D eigenvalue weighted by Gasteiger charge is 2.05. The summed E-state index contributed by atoms with van der Waals surface area (Å²) in [7, 11) is 5.07. The van der Waals surface area contributed by atoms with Gasteiger partial charge in [0.2, 0.25) is 0 Å². The molecular formula is C22H31IN4O3. The molecule has 0 saturated carbocycles. The lowest BCUT2D eigenvalue weighted by Crippen LogP contribution is -2.36. The molecule has 0 bridgehead atoms. The first-order valence-electron chi connectivity index (χ1n) is 9.58. The van der Waals surface area contributed by atoms with E-state index in [1.807, 2.05) is 55.5 Å². The van der Waals surface area contributed by atoms with Crippen molar-refractivity contribution < 1.29 is 14.3 Å². The van der Waals surface area contributed by atoms with Gasteiger partial charge >= 0.3 is 0 Å². The second-order valence-electron chi connectivity index (χ2n) is 6.62. The molecule has 0 heterocycles. The third-order valence-electron chi connectivity index (χ3n) is 4.12. The molecule has 0 radical (unpaired) electrons. The predicted molar refractivity (Wildman–Crippen MR) is 131 cm³/mol. The van der Waals surface area contributed by atoms with E-state index in [4.69, 9.17) is 9.47 Å². The maximum Gasteiger partial charge on any atom is 0.259 e. The summed E-state index contributed by atoms with van der Waals surface area (Å²) in [5.41, 5.74) is 2.11. The molecule has 0 aliphatic carbocycles. The first kappa shape index (κ1) is 25.5. The molecule has 30 heavy (non-hydrogen) atoms. The average Bonchev–Trinajstić information content (AvgIpc) is 2.74. The largest absolute Gasteiger partial charge is 0.497 e. The summed E-state index contributed by atoms with van der Waals surface area (Å²) < 4.78 is 10.8. The highest BCUT2D eigenvalue weighted by atomic mass is 127. The van der Waals surface area contributed by atoms with Crippen LogP contribution in [0.1, 0.15) is 18.1 Å². The zero-order chi connectivity index (χ0) is 21.1. The Kier molecular flexibility index (Phi) is 11.7. The Morgan fingerprint density at radius 2 is 1.70 bits per heavy atom. The van der Waals surface area contributed by atoms with Crippen LogP contribution in [-0.4, -0.2) is 51.1 Å². The molecule has 7 nitrogen and oxygen atoms in total. The predicted octanol–water partition coefficient (Wildman–Crippen LogP) is 3.04. The van der Waals surface area contributed by atoms with E-state index in [9.17, 15) is 4.79 Å². The molecule has 0 aromatic heterocycles. The van der Waals surface area contributed by atoms with E-state index in [2.05, 4.69) is 15.6 Å². The molecule has 0 aliphatic heterocycles. The average molecular weight is 526 g/mol. The Hall–Kier alpha value is -2.49. The minimum absolute atomic E-state index is 0. The Bertz CT molecular complexity index is 828. The van der Waals surface area contributed by atoms with Gasteiger partial charge in [0.05, 0.1) is 13.7 Å². The van der Waals surface area contributed by atoms with Crippen LogP contribution in [0.3, 0.4) is 0 Å². The van der Waals surface area contributed by atoms with Crippen LogP contribution in [0.4, 0.5) is 0 Å². The van der Waals surface area contributed by atoms with Crippen molar-refractivity contribution in [2.75, 3.05) is 34.4 Å². The number of halogens is 1. The Morgan fingerprint density at radius 1 is 1.03 bits per heavy atom. The number of carbonyl (C=O) groups is 1. The summed E-state index contributed by atoms with van der Waals surface area (Å²) >= 11 is 0. The van der Waals surface area contributed by atoms with Crippen LogP contribution in [-0.2, 0) is 17.9 Å². The van der Waals surface area contributed by atoms with E-state index in [1.54, 1.807) is 21.2 Å². The third kappa shape index (κ3) is 8.89. The maximum atomic E-state index is 11.7. The van der Waals surface area contributed by atoms with Gasteiger partial charge in [-0.1, -0.05) is 24.3 Å². The minimum Gasteiger partial charge on any atom is -0.497 e. The molecule has 2 N–H and O–H groups in total. The van der Waals surface area contributed by atoms with Crippen molar-refractivity contribution in [2.24, 2.45) is 4.99 Å². The Balaban J connectivity index is 0.00000450. The van der Waals surface area contributed by atoms with E-state index >= 15 is 0 Å². The zero-order valence-corrected chi connectivity index (χ0v) is 20.3. The fourth-order valence-electron chi connectivity index (χ4n) is 2.49. The Labute approximate surface area is 195 Å². The summed E-state index contributed by atoms with van der Waals surface area (Å²) in [5.74, 6) is 2.13. The summed E-state index contributed by atoms with van der Waals surface area (Å²) in [6, 6.07) is 15.5. The number of rotatable bonds is 9. The SMILES string of the molecule is CCNC(=NCc1cccc(OCC(=O)N(C)C)c1)NCc1cccc(OC)c1.I. The second-order valence-corrected chi connectivity index (χ2v) is 6.62. The van der Waals surface area contributed by atoms with Gasteiger partial charge < -0.3 is 25.0 Å². The van der Waals surface area contributed by atoms with Crippen molar-refractivity contribution in [3.8, 4) is 11.5 Å². The molecule has 8 heteroatoms. The normalized spacial score (nSPS) is 10.6. The van der Waals surface area contributed by atoms with Gasteiger partial charge in [-0.15, -0.1) is 24.0 Å². The number of methoxy groups -OCH3 is 1. The summed E-state index contributed by atoms with van der Waals surface area (Å²) in [4.78, 5) is 17.8. The molecule has 1 amide bonds. The van der Waals surface area contributed by atoms with Crippen LogP contribution in [0, 0.1) is 0 Å². The molecule has 0 spiro atoms. The highest BCUT2D eigenvalue weighted by molar-refractivity contribution is 14.0. The lowest BCUT2D eigenvalue weighted by molar-refractivity contribution is -0.130. The number of amides is 1. The molecule has 0 unspecified atom stereocenters. The fraction of sp³-hybridized carbons (Fsp3) is 0.364. The lowest BCUT2D eigenvalue weighted by Gasteiger charge is -2.13. The molecule has 0 atom stereocenters. The number of hydrogen-bond acceptors (Lipinski definition) is 4. The van der Waals surface area contributed by atoms with Gasteiger partial charge in [-0.2, -0.15) is 0 Å². The van der Waals surface area contributed by atoms with E-state index in [-0.39, 0.29) is 36.5 Å². The quantitative estimate of drug-likeness (QED) is 0.299. The summed E-state index contributed by atoms with van der Waals surface area (Å²) in [6.45, 7) is 3.94. The molecule has 0 saturated heterocycles. The number of carbonyl (C=O) groups excluding carboxylic acids is 1. The van der Waals surface area contributed by atoms with Crippen LogP contribution in [0.5, 0.6) is 11.5 Å². The van der Waals surface area contributed by atoms with Crippen LogP contribution in [0.25, 0.3) is 0 Å². The van der Waals surface area contributed by atoms with Gasteiger partial charge in [-0.25, -0.2) is 4.99 Å². The lowest BCUT2D eigenvalue weighted by atomic mass is 10.2. The number of likely N-dealkylation sites (N-methyl/N-ethyl adjacent to an activating group) is 1. The van der Waals surface area contributed by atoms with Crippen molar-refractivity contribution in [3.05, 3.63) is 59.7 Å². The van der Waals surface area contributed by atoms with Crippen LogP contribution in [0.15, 0.2) is 53.5 Å². The molecule has 0 fully saturated rings. The second kappa shape index (κ2) is 13.7. The molecule has 2 aromatic rings. The van der Waals surface area contributed by atoms with Crippen molar-refractivity contribution in [1.29, 1.82) is 0 Å². The van der Waals surface area contributed by atoms with Crippen LogP contribution >= 0.6 is 24.0 Å². The van der Waals surface area contributed by atoms with Gasteiger partial charge in [0.1, 0.15) is 11.5 Å². The van der Waals surface area contributed by atoms with E-state index in [0.29, 0.717) is 18.8 Å².